The van der Waals surface area contributed by atoms with Gasteiger partial charge in [0.2, 0.25) is 0 Å². The third kappa shape index (κ3) is 2.72. The van der Waals surface area contributed by atoms with E-state index in [1.807, 2.05) is 25.2 Å². The first kappa shape index (κ1) is 13.1. The molecule has 0 saturated carbocycles. The van der Waals surface area contributed by atoms with Crippen molar-refractivity contribution >= 4 is 17.4 Å². The maximum Gasteiger partial charge on any atom is 0.321 e. The summed E-state index contributed by atoms with van der Waals surface area (Å²) in [5.74, 6) is 1.02. The van der Waals surface area contributed by atoms with Crippen LogP contribution in [0, 0.1) is 13.8 Å². The maximum absolute atomic E-state index is 5.20. The van der Waals surface area contributed by atoms with E-state index in [1.165, 1.54) is 15.3 Å². The Bertz CT molecular complexity index is 530. The minimum atomic E-state index is 0.176. The maximum atomic E-state index is 5.20. The molecule has 2 aromatic heterocycles. The molecule has 0 saturated heterocycles. The van der Waals surface area contributed by atoms with Crippen LogP contribution in [-0.4, -0.2) is 10.1 Å². The van der Waals surface area contributed by atoms with Crippen LogP contribution in [0.3, 0.4) is 0 Å². The van der Waals surface area contributed by atoms with Gasteiger partial charge in [0, 0.05) is 15.7 Å². The minimum Gasteiger partial charge on any atom is -0.331 e. The first-order chi connectivity index (χ1) is 8.47. The molecule has 1 atom stereocenters. The van der Waals surface area contributed by atoms with E-state index in [2.05, 4.69) is 42.3 Å². The Morgan fingerprint density at radius 1 is 1.28 bits per heavy atom. The summed E-state index contributed by atoms with van der Waals surface area (Å²) in [5, 5.41) is 7.20. The number of nitrogens with one attached hydrogen (secondary N) is 1. The Balaban J connectivity index is 2.11. The molecule has 0 aliphatic heterocycles. The number of hydrogen-bond donors (Lipinski definition) is 1. The summed E-state index contributed by atoms with van der Waals surface area (Å²) in [4.78, 5) is 6.98. The second-order valence-electron chi connectivity index (χ2n) is 4.85. The van der Waals surface area contributed by atoms with E-state index in [-0.39, 0.29) is 12.0 Å². The molecule has 0 spiro atoms. The lowest BCUT2D eigenvalue weighted by molar-refractivity contribution is 0.416. The summed E-state index contributed by atoms with van der Waals surface area (Å²) in [5.41, 5.74) is 1.29. The molecule has 0 bridgehead atoms. The monoisotopic (exact) mass is 265 g/mol. The highest BCUT2D eigenvalue weighted by Gasteiger charge is 2.15. The van der Waals surface area contributed by atoms with Gasteiger partial charge >= 0.3 is 6.01 Å². The van der Waals surface area contributed by atoms with Gasteiger partial charge in [-0.25, -0.2) is 0 Å². The molecule has 0 aliphatic rings. The van der Waals surface area contributed by atoms with Crippen molar-refractivity contribution in [2.75, 3.05) is 5.32 Å². The Morgan fingerprint density at radius 2 is 2.00 bits per heavy atom. The highest BCUT2D eigenvalue weighted by molar-refractivity contribution is 7.12. The van der Waals surface area contributed by atoms with Crippen molar-refractivity contribution < 1.29 is 4.52 Å². The van der Waals surface area contributed by atoms with Crippen molar-refractivity contribution in [2.45, 2.75) is 46.6 Å². The van der Waals surface area contributed by atoms with E-state index in [0.29, 0.717) is 6.01 Å². The number of anilines is 1. The van der Waals surface area contributed by atoms with Gasteiger partial charge in [-0.1, -0.05) is 19.0 Å². The minimum absolute atomic E-state index is 0.176. The van der Waals surface area contributed by atoms with Crippen LogP contribution < -0.4 is 5.32 Å². The Hall–Kier alpha value is -1.36. The molecule has 4 nitrogen and oxygen atoms in total. The molecular formula is C13H19N3OS. The van der Waals surface area contributed by atoms with Crippen molar-refractivity contribution in [3.8, 4) is 0 Å². The van der Waals surface area contributed by atoms with Crippen LogP contribution in [0.5, 0.6) is 0 Å². The summed E-state index contributed by atoms with van der Waals surface area (Å²) in [6.07, 6.45) is 0. The van der Waals surface area contributed by atoms with Gasteiger partial charge in [-0.15, -0.1) is 11.3 Å². The van der Waals surface area contributed by atoms with Crippen LogP contribution in [0.25, 0.3) is 0 Å². The van der Waals surface area contributed by atoms with Gasteiger partial charge in [0.25, 0.3) is 0 Å². The largest absolute Gasteiger partial charge is 0.331 e. The lowest BCUT2D eigenvalue weighted by Gasteiger charge is -2.11. The lowest BCUT2D eigenvalue weighted by atomic mass is 10.1. The quantitative estimate of drug-likeness (QED) is 0.906. The molecule has 2 rings (SSSR count). The fourth-order valence-electron chi connectivity index (χ4n) is 1.87. The highest BCUT2D eigenvalue weighted by atomic mass is 32.1. The number of aryl methyl sites for hydroxylation is 2. The molecule has 5 heteroatoms. The molecule has 98 valence electrons. The first-order valence-electron chi connectivity index (χ1n) is 6.14. The molecule has 1 N–H and O–H groups in total. The van der Waals surface area contributed by atoms with Gasteiger partial charge in [0.15, 0.2) is 5.82 Å². The van der Waals surface area contributed by atoms with Crippen molar-refractivity contribution in [1.82, 2.24) is 10.1 Å². The van der Waals surface area contributed by atoms with Crippen LogP contribution in [0.4, 0.5) is 6.01 Å². The number of rotatable bonds is 4. The predicted molar refractivity (Wildman–Crippen MR) is 74.2 cm³/mol. The van der Waals surface area contributed by atoms with Crippen molar-refractivity contribution in [3.63, 3.8) is 0 Å². The molecule has 18 heavy (non-hydrogen) atoms. The molecule has 2 aromatic rings. The van der Waals surface area contributed by atoms with E-state index in [4.69, 9.17) is 4.52 Å². The van der Waals surface area contributed by atoms with E-state index < -0.39 is 0 Å². The average molecular weight is 265 g/mol. The van der Waals surface area contributed by atoms with Gasteiger partial charge in [0.05, 0.1) is 6.04 Å². The van der Waals surface area contributed by atoms with E-state index in [9.17, 15) is 0 Å². The second-order valence-corrected chi connectivity index (χ2v) is 6.31. The van der Waals surface area contributed by atoms with Gasteiger partial charge in [-0.2, -0.15) is 4.98 Å². The summed E-state index contributed by atoms with van der Waals surface area (Å²) in [6.45, 7) is 10.5. The summed E-state index contributed by atoms with van der Waals surface area (Å²) in [6, 6.07) is 2.88. The topological polar surface area (TPSA) is 51.0 Å². The zero-order valence-electron chi connectivity index (χ0n) is 11.4. The summed E-state index contributed by atoms with van der Waals surface area (Å²) >= 11 is 1.81. The molecule has 1 unspecified atom stereocenters. The molecule has 0 radical (unpaired) electrons. The fraction of sp³-hybridized carbons (Fsp3) is 0.538. The molecule has 0 aliphatic carbocycles. The molecule has 0 fully saturated rings. The third-order valence-electron chi connectivity index (χ3n) is 2.84. The zero-order chi connectivity index (χ0) is 13.3. The van der Waals surface area contributed by atoms with Gasteiger partial charge in [-0.05, 0) is 32.4 Å². The second kappa shape index (κ2) is 5.10. The summed E-state index contributed by atoms with van der Waals surface area (Å²) in [7, 11) is 0. The SMILES string of the molecule is Cc1cc(C(C)Nc2nc(C(C)C)no2)c(C)s1. The molecule has 0 aromatic carbocycles. The first-order valence-corrected chi connectivity index (χ1v) is 6.96. The van der Waals surface area contributed by atoms with Crippen molar-refractivity contribution in [3.05, 3.63) is 27.2 Å². The normalized spacial score (nSPS) is 13.0. The van der Waals surface area contributed by atoms with Crippen LogP contribution in [-0.2, 0) is 0 Å². The van der Waals surface area contributed by atoms with Crippen LogP contribution >= 0.6 is 11.3 Å². The Labute approximate surface area is 111 Å². The number of thiophene rings is 1. The van der Waals surface area contributed by atoms with Crippen molar-refractivity contribution in [2.24, 2.45) is 0 Å². The third-order valence-corrected chi connectivity index (χ3v) is 3.83. The smallest absolute Gasteiger partial charge is 0.321 e. The Kier molecular flexibility index (Phi) is 3.71. The van der Waals surface area contributed by atoms with Crippen LogP contribution in [0.1, 0.15) is 53.9 Å². The molecule has 0 amide bonds. The molecular weight excluding hydrogens is 246 g/mol. The van der Waals surface area contributed by atoms with E-state index >= 15 is 0 Å². The number of hydrogen-bond acceptors (Lipinski definition) is 5. The van der Waals surface area contributed by atoms with Crippen molar-refractivity contribution in [1.29, 1.82) is 0 Å². The molecule has 2 heterocycles. The Morgan fingerprint density at radius 3 is 2.50 bits per heavy atom. The standard InChI is InChI=1S/C13H19N3OS/c1-7(2)12-15-13(17-16-12)14-9(4)11-6-8(3)18-10(11)5/h6-7,9H,1-5H3,(H,14,15,16). The van der Waals surface area contributed by atoms with Crippen LogP contribution in [0.2, 0.25) is 0 Å². The number of aromatic nitrogens is 2. The summed E-state index contributed by atoms with van der Waals surface area (Å²) < 4.78 is 5.20. The van der Waals surface area contributed by atoms with E-state index in [1.54, 1.807) is 0 Å². The fourth-order valence-corrected chi connectivity index (χ4v) is 2.89. The van der Waals surface area contributed by atoms with Gasteiger partial charge in [-0.3, -0.25) is 0 Å². The predicted octanol–water partition coefficient (Wildman–Crippen LogP) is 4.04. The highest BCUT2D eigenvalue weighted by Crippen LogP contribution is 2.28. The van der Waals surface area contributed by atoms with E-state index in [0.717, 1.165) is 5.82 Å². The lowest BCUT2D eigenvalue weighted by Crippen LogP contribution is -2.07. The van der Waals surface area contributed by atoms with Gasteiger partial charge in [0.1, 0.15) is 0 Å². The zero-order valence-corrected chi connectivity index (χ0v) is 12.3. The number of nitrogens with zero attached hydrogens (tertiary/aromatic N) is 2. The average Bonchev–Trinajstić information content (AvgIpc) is 2.85. The van der Waals surface area contributed by atoms with Gasteiger partial charge < -0.3 is 9.84 Å². The van der Waals surface area contributed by atoms with Crippen LogP contribution in [0.15, 0.2) is 10.6 Å².